The molecule has 6 nitrogen and oxygen atoms in total. The fourth-order valence-electron chi connectivity index (χ4n) is 6.45. The number of nitrogens with zero attached hydrogens (tertiary/aromatic N) is 2. The lowest BCUT2D eigenvalue weighted by molar-refractivity contribution is -0.141. The summed E-state index contributed by atoms with van der Waals surface area (Å²) in [4.78, 5) is 18.4. The van der Waals surface area contributed by atoms with Gasteiger partial charge in [-0.3, -0.25) is 9.69 Å². The Hall–Kier alpha value is -3.38. The average molecular weight is 527 g/mol. The molecule has 6 heteroatoms. The van der Waals surface area contributed by atoms with Gasteiger partial charge in [-0.25, -0.2) is 4.98 Å². The van der Waals surface area contributed by atoms with Crippen molar-refractivity contribution in [3.05, 3.63) is 77.0 Å². The van der Waals surface area contributed by atoms with E-state index in [-0.39, 0.29) is 6.10 Å². The number of aromatic nitrogens is 1. The van der Waals surface area contributed by atoms with Crippen molar-refractivity contribution in [1.29, 1.82) is 0 Å². The molecule has 39 heavy (non-hydrogen) atoms. The second kappa shape index (κ2) is 10.6. The number of ether oxygens (including phenoxy) is 2. The Kier molecular flexibility index (Phi) is 7.06. The van der Waals surface area contributed by atoms with Crippen LogP contribution < -0.4 is 9.47 Å². The van der Waals surface area contributed by atoms with Crippen molar-refractivity contribution in [2.24, 2.45) is 5.92 Å². The van der Waals surface area contributed by atoms with E-state index in [2.05, 4.69) is 40.2 Å². The molecule has 0 bridgehead atoms. The van der Waals surface area contributed by atoms with Crippen LogP contribution in [0.4, 0.5) is 0 Å². The quantitative estimate of drug-likeness (QED) is 0.356. The van der Waals surface area contributed by atoms with E-state index in [4.69, 9.17) is 9.47 Å². The number of piperidine rings is 1. The van der Waals surface area contributed by atoms with Crippen LogP contribution in [-0.4, -0.2) is 40.2 Å². The minimum Gasteiger partial charge on any atom is -0.485 e. The highest BCUT2D eigenvalue weighted by Gasteiger charge is 2.48. The second-order valence-corrected chi connectivity index (χ2v) is 11.6. The fourth-order valence-corrected chi connectivity index (χ4v) is 6.45. The number of fused-ring (bicyclic) bond motifs is 1. The predicted molar refractivity (Wildman–Crippen MR) is 151 cm³/mol. The number of carbonyl (C=O) groups is 1. The van der Waals surface area contributed by atoms with Crippen LogP contribution >= 0.6 is 0 Å². The van der Waals surface area contributed by atoms with Crippen LogP contribution in [0.15, 0.2) is 54.7 Å². The second-order valence-electron chi connectivity index (χ2n) is 11.6. The Labute approximate surface area is 231 Å². The first-order valence-electron chi connectivity index (χ1n) is 14.3. The largest absolute Gasteiger partial charge is 0.485 e. The maximum absolute atomic E-state index is 11.4. The van der Waals surface area contributed by atoms with Crippen molar-refractivity contribution >= 4 is 5.97 Å². The van der Waals surface area contributed by atoms with Gasteiger partial charge in [0, 0.05) is 24.3 Å². The van der Waals surface area contributed by atoms with Crippen LogP contribution in [0.25, 0.3) is 11.1 Å². The number of rotatable bonds is 8. The van der Waals surface area contributed by atoms with E-state index in [0.29, 0.717) is 17.8 Å². The number of likely N-dealkylation sites (tertiary alicyclic amines) is 1. The number of hydrogen-bond acceptors (Lipinski definition) is 5. The zero-order chi connectivity index (χ0) is 27.0. The van der Waals surface area contributed by atoms with Crippen LogP contribution in [0.1, 0.15) is 73.8 Å². The molecular weight excluding hydrogens is 488 g/mol. The highest BCUT2D eigenvalue weighted by Crippen LogP contribution is 2.49. The minimum atomic E-state index is -0.771. The first-order chi connectivity index (χ1) is 18.9. The predicted octanol–water partition coefficient (Wildman–Crippen LogP) is 6.61. The molecule has 1 unspecified atom stereocenters. The maximum atomic E-state index is 11.4. The van der Waals surface area contributed by atoms with Crippen LogP contribution in [0.5, 0.6) is 11.6 Å². The van der Waals surface area contributed by atoms with E-state index in [0.717, 1.165) is 42.8 Å². The number of carboxylic acid groups (broad SMARTS) is 1. The molecule has 2 fully saturated rings. The summed E-state index contributed by atoms with van der Waals surface area (Å²) in [6, 6.07) is 17.1. The molecule has 3 aromatic rings. The minimum absolute atomic E-state index is 0.0272. The number of hydrogen-bond donors (Lipinski definition) is 1. The molecule has 1 spiro atoms. The summed E-state index contributed by atoms with van der Waals surface area (Å²) < 4.78 is 12.0. The summed E-state index contributed by atoms with van der Waals surface area (Å²) in [5.74, 6) is 0.319. The zero-order valence-corrected chi connectivity index (χ0v) is 23.0. The van der Waals surface area contributed by atoms with Gasteiger partial charge in [-0.2, -0.15) is 0 Å². The SMILES string of the molecule is COc1cc(-c2ccc(C3CCc4ccc(C[C@H](C)C(=O)O)cc4O3)cc2CN2CCCCC23CC3)ccn1. The van der Waals surface area contributed by atoms with Gasteiger partial charge in [0.1, 0.15) is 11.9 Å². The van der Waals surface area contributed by atoms with Crippen molar-refractivity contribution in [1.82, 2.24) is 9.88 Å². The number of aliphatic carboxylic acids is 1. The smallest absolute Gasteiger partial charge is 0.306 e. The molecule has 2 aliphatic heterocycles. The summed E-state index contributed by atoms with van der Waals surface area (Å²) in [6.45, 7) is 3.85. The van der Waals surface area contributed by atoms with Crippen molar-refractivity contribution in [2.45, 2.75) is 76.5 Å². The van der Waals surface area contributed by atoms with Crippen molar-refractivity contribution < 1.29 is 19.4 Å². The third-order valence-corrected chi connectivity index (χ3v) is 8.98. The molecule has 6 rings (SSSR count). The lowest BCUT2D eigenvalue weighted by atomic mass is 9.91. The molecule has 1 N–H and O–H groups in total. The van der Waals surface area contributed by atoms with E-state index in [1.165, 1.54) is 54.4 Å². The first kappa shape index (κ1) is 25.9. The van der Waals surface area contributed by atoms with Gasteiger partial charge >= 0.3 is 5.97 Å². The number of pyridine rings is 1. The van der Waals surface area contributed by atoms with Crippen LogP contribution in [0.2, 0.25) is 0 Å². The van der Waals surface area contributed by atoms with E-state index >= 15 is 0 Å². The average Bonchev–Trinajstić information content (AvgIpc) is 3.73. The molecule has 2 aromatic carbocycles. The van der Waals surface area contributed by atoms with Gasteiger partial charge < -0.3 is 14.6 Å². The molecule has 0 radical (unpaired) electrons. The van der Waals surface area contributed by atoms with Gasteiger partial charge in [-0.05, 0) is 97.0 Å². The number of benzene rings is 2. The first-order valence-corrected chi connectivity index (χ1v) is 14.3. The summed E-state index contributed by atoms with van der Waals surface area (Å²) in [7, 11) is 1.66. The summed E-state index contributed by atoms with van der Waals surface area (Å²) >= 11 is 0. The highest BCUT2D eigenvalue weighted by atomic mass is 16.5. The van der Waals surface area contributed by atoms with Crippen molar-refractivity contribution in [2.75, 3.05) is 13.7 Å². The topological polar surface area (TPSA) is 71.9 Å². The summed E-state index contributed by atoms with van der Waals surface area (Å²) in [5.41, 5.74) is 7.48. The Bertz CT molecular complexity index is 1370. The van der Waals surface area contributed by atoms with Gasteiger partial charge in [0.05, 0.1) is 13.0 Å². The molecule has 0 amide bonds. The third-order valence-electron chi connectivity index (χ3n) is 8.98. The normalized spacial score (nSPS) is 20.6. The van der Waals surface area contributed by atoms with Crippen LogP contribution in [-0.2, 0) is 24.2 Å². The Morgan fingerprint density at radius 1 is 1.15 bits per heavy atom. The van der Waals surface area contributed by atoms with E-state index in [1.807, 2.05) is 24.4 Å². The van der Waals surface area contributed by atoms with Crippen molar-refractivity contribution in [3.63, 3.8) is 0 Å². The Morgan fingerprint density at radius 2 is 2.03 bits per heavy atom. The number of carboxylic acids is 1. The van der Waals surface area contributed by atoms with Gasteiger partial charge in [-0.15, -0.1) is 0 Å². The van der Waals surface area contributed by atoms with E-state index in [1.54, 1.807) is 14.0 Å². The lowest BCUT2D eigenvalue weighted by Gasteiger charge is -2.37. The van der Waals surface area contributed by atoms with Gasteiger partial charge in [0.15, 0.2) is 0 Å². The zero-order valence-electron chi connectivity index (χ0n) is 23.0. The van der Waals surface area contributed by atoms with Crippen LogP contribution in [0, 0.1) is 5.92 Å². The fraction of sp³-hybridized carbons (Fsp3) is 0.455. The molecular formula is C33H38N2O4. The molecule has 2 atom stereocenters. The van der Waals surface area contributed by atoms with E-state index in [9.17, 15) is 9.90 Å². The Morgan fingerprint density at radius 3 is 2.82 bits per heavy atom. The number of methoxy groups -OCH3 is 1. The Balaban J connectivity index is 1.30. The third kappa shape index (κ3) is 5.40. The standard InChI is InChI=1S/C33H38N2O4/c1-22(32(36)37)17-23-5-6-24-8-10-29(39-30(24)18-23)26-7-9-28(25-11-15-34-31(20-25)38-2)27(19-26)21-35-16-4-3-12-33(35)13-14-33/h5-7,9,11,15,18-20,22,29H,3-4,8,10,12-14,16-17,21H2,1-2H3,(H,36,37)/t22-,29?/m0/s1. The lowest BCUT2D eigenvalue weighted by Crippen LogP contribution is -2.40. The molecule has 3 aliphatic rings. The van der Waals surface area contributed by atoms with Gasteiger partial charge in [-0.1, -0.05) is 43.7 Å². The highest BCUT2D eigenvalue weighted by molar-refractivity contribution is 5.70. The van der Waals surface area contributed by atoms with Crippen LogP contribution in [0.3, 0.4) is 0 Å². The van der Waals surface area contributed by atoms with Gasteiger partial charge in [0.25, 0.3) is 0 Å². The molecule has 3 heterocycles. The summed E-state index contributed by atoms with van der Waals surface area (Å²) in [6.07, 6.45) is 10.7. The van der Waals surface area contributed by atoms with Gasteiger partial charge in [0.2, 0.25) is 5.88 Å². The van der Waals surface area contributed by atoms with Crippen molar-refractivity contribution in [3.8, 4) is 22.8 Å². The maximum Gasteiger partial charge on any atom is 0.306 e. The molecule has 204 valence electrons. The molecule has 1 aliphatic carbocycles. The molecule has 1 saturated carbocycles. The summed E-state index contributed by atoms with van der Waals surface area (Å²) in [5, 5.41) is 9.34. The number of aryl methyl sites for hydroxylation is 1. The van der Waals surface area contributed by atoms with E-state index < -0.39 is 11.9 Å². The molecule has 1 aromatic heterocycles. The molecule has 1 saturated heterocycles. The monoisotopic (exact) mass is 526 g/mol.